The Morgan fingerprint density at radius 3 is 3.10 bits per heavy atom. The van der Waals surface area contributed by atoms with Gasteiger partial charge >= 0.3 is 5.69 Å². The summed E-state index contributed by atoms with van der Waals surface area (Å²) in [4.78, 5) is 17.3. The molecule has 20 heavy (non-hydrogen) atoms. The number of phenolic OH excluding ortho intramolecular Hbond substituents is 1. The maximum absolute atomic E-state index is 12.1. The van der Waals surface area contributed by atoms with Gasteiger partial charge in [0.05, 0.1) is 5.52 Å². The van der Waals surface area contributed by atoms with Gasteiger partial charge in [-0.3, -0.25) is 4.57 Å². The lowest BCUT2D eigenvalue weighted by Crippen LogP contribution is -2.37. The largest absolute Gasteiger partial charge is 0.506 e. The van der Waals surface area contributed by atoms with Gasteiger partial charge in [-0.2, -0.15) is 0 Å². The number of aromatic nitrogens is 2. The first-order chi connectivity index (χ1) is 9.69. The highest BCUT2D eigenvalue weighted by Gasteiger charge is 2.21. The van der Waals surface area contributed by atoms with E-state index < -0.39 is 0 Å². The Balaban J connectivity index is 1.89. The zero-order valence-corrected chi connectivity index (χ0v) is 11.8. The second-order valence-corrected chi connectivity index (χ2v) is 5.61. The van der Waals surface area contributed by atoms with Crippen molar-refractivity contribution in [1.29, 1.82) is 0 Å². The summed E-state index contributed by atoms with van der Waals surface area (Å²) in [6.07, 6.45) is 2.36. The van der Waals surface area contributed by atoms with Crippen molar-refractivity contribution in [2.45, 2.75) is 26.3 Å². The van der Waals surface area contributed by atoms with E-state index in [4.69, 9.17) is 0 Å². The van der Waals surface area contributed by atoms with Gasteiger partial charge in [-0.1, -0.05) is 13.0 Å². The minimum absolute atomic E-state index is 0.130. The Morgan fingerprint density at radius 2 is 2.30 bits per heavy atom. The Hall–Kier alpha value is -1.75. The van der Waals surface area contributed by atoms with E-state index in [9.17, 15) is 9.90 Å². The molecular weight excluding hydrogens is 254 g/mol. The highest BCUT2D eigenvalue weighted by molar-refractivity contribution is 5.81. The fourth-order valence-corrected chi connectivity index (χ4v) is 3.19. The lowest BCUT2D eigenvalue weighted by atomic mass is 9.98. The van der Waals surface area contributed by atoms with Crippen LogP contribution in [0, 0.1) is 5.92 Å². The van der Waals surface area contributed by atoms with Crippen LogP contribution < -0.4 is 5.69 Å². The van der Waals surface area contributed by atoms with Gasteiger partial charge in [0.15, 0.2) is 0 Å². The fraction of sp³-hybridized carbons (Fsp3) is 0.533. The number of piperidine rings is 1. The Morgan fingerprint density at radius 1 is 1.45 bits per heavy atom. The smallest absolute Gasteiger partial charge is 0.326 e. The first-order valence-electron chi connectivity index (χ1n) is 7.32. The molecule has 2 aromatic rings. The standard InChI is InChI=1S/C15H21N3O2/c1-2-17-8-4-5-11(9-17)10-18-12-6-3-7-13(19)14(12)16-15(18)20/h3,6-7,11,19H,2,4-5,8-10H2,1H3,(H,16,20). The van der Waals surface area contributed by atoms with Crippen molar-refractivity contribution in [3.63, 3.8) is 0 Å². The number of nitrogens with zero attached hydrogens (tertiary/aromatic N) is 2. The molecule has 1 fully saturated rings. The highest BCUT2D eigenvalue weighted by Crippen LogP contribution is 2.23. The van der Waals surface area contributed by atoms with Gasteiger partial charge in [-0.05, 0) is 44.0 Å². The first kappa shape index (κ1) is 13.2. The number of nitrogens with one attached hydrogen (secondary N) is 1. The zero-order valence-electron chi connectivity index (χ0n) is 11.8. The molecule has 5 nitrogen and oxygen atoms in total. The summed E-state index contributed by atoms with van der Waals surface area (Å²) in [5.41, 5.74) is 1.21. The van der Waals surface area contributed by atoms with E-state index in [0.717, 1.165) is 38.1 Å². The molecule has 0 radical (unpaired) electrons. The van der Waals surface area contributed by atoms with Crippen molar-refractivity contribution >= 4 is 11.0 Å². The quantitative estimate of drug-likeness (QED) is 0.897. The van der Waals surface area contributed by atoms with Crippen LogP contribution in [0.3, 0.4) is 0 Å². The average molecular weight is 275 g/mol. The number of hydrogen-bond donors (Lipinski definition) is 2. The second kappa shape index (κ2) is 5.32. The zero-order chi connectivity index (χ0) is 14.1. The molecule has 1 aliphatic heterocycles. The maximum atomic E-state index is 12.1. The van der Waals surface area contributed by atoms with Crippen molar-refractivity contribution in [2.75, 3.05) is 19.6 Å². The number of rotatable bonds is 3. The molecule has 1 aromatic heterocycles. The summed E-state index contributed by atoms with van der Waals surface area (Å²) in [5, 5.41) is 9.80. The molecule has 0 spiro atoms. The van der Waals surface area contributed by atoms with Crippen molar-refractivity contribution in [3.05, 3.63) is 28.7 Å². The minimum Gasteiger partial charge on any atom is -0.506 e. The number of imidazole rings is 1. The number of benzene rings is 1. The lowest BCUT2D eigenvalue weighted by Gasteiger charge is -2.31. The molecule has 2 N–H and O–H groups in total. The Labute approximate surface area is 117 Å². The average Bonchev–Trinajstić information content (AvgIpc) is 2.78. The molecule has 3 rings (SSSR count). The number of likely N-dealkylation sites (tertiary alicyclic amines) is 1. The van der Waals surface area contributed by atoms with E-state index in [1.807, 2.05) is 6.07 Å². The predicted molar refractivity (Wildman–Crippen MR) is 79.1 cm³/mol. The monoisotopic (exact) mass is 275 g/mol. The maximum Gasteiger partial charge on any atom is 0.326 e. The van der Waals surface area contributed by atoms with Crippen LogP contribution in [0.15, 0.2) is 23.0 Å². The van der Waals surface area contributed by atoms with Crippen molar-refractivity contribution in [1.82, 2.24) is 14.5 Å². The highest BCUT2D eigenvalue weighted by atomic mass is 16.3. The van der Waals surface area contributed by atoms with Gasteiger partial charge in [-0.25, -0.2) is 4.79 Å². The third-order valence-corrected chi connectivity index (χ3v) is 4.28. The summed E-state index contributed by atoms with van der Waals surface area (Å²) in [7, 11) is 0. The normalized spacial score (nSPS) is 20.6. The lowest BCUT2D eigenvalue weighted by molar-refractivity contribution is 0.170. The van der Waals surface area contributed by atoms with Crippen molar-refractivity contribution in [3.8, 4) is 5.75 Å². The molecule has 1 atom stereocenters. The van der Waals surface area contributed by atoms with E-state index >= 15 is 0 Å². The molecular formula is C15H21N3O2. The van der Waals surface area contributed by atoms with E-state index in [0.29, 0.717) is 11.4 Å². The number of aromatic amines is 1. The number of para-hydroxylation sites is 1. The van der Waals surface area contributed by atoms with Crippen LogP contribution in [0.4, 0.5) is 0 Å². The van der Waals surface area contributed by atoms with Crippen LogP contribution in [0.25, 0.3) is 11.0 Å². The third-order valence-electron chi connectivity index (χ3n) is 4.28. The number of phenols is 1. The summed E-state index contributed by atoms with van der Waals surface area (Å²) >= 11 is 0. The van der Waals surface area contributed by atoms with Crippen LogP contribution in [-0.2, 0) is 6.54 Å². The predicted octanol–water partition coefficient (Wildman–Crippen LogP) is 1.77. The molecule has 1 aromatic carbocycles. The molecule has 0 saturated carbocycles. The molecule has 1 aliphatic rings. The molecule has 5 heteroatoms. The molecule has 1 unspecified atom stereocenters. The van der Waals surface area contributed by atoms with E-state index in [-0.39, 0.29) is 11.4 Å². The van der Waals surface area contributed by atoms with Crippen LogP contribution in [-0.4, -0.2) is 39.2 Å². The third kappa shape index (κ3) is 2.33. The Bertz CT molecular complexity index is 659. The van der Waals surface area contributed by atoms with Gasteiger partial charge in [0.1, 0.15) is 11.3 Å². The first-order valence-corrected chi connectivity index (χ1v) is 7.32. The van der Waals surface area contributed by atoms with Crippen LogP contribution in [0.5, 0.6) is 5.75 Å². The van der Waals surface area contributed by atoms with E-state index in [1.165, 1.54) is 6.42 Å². The van der Waals surface area contributed by atoms with Gasteiger partial charge in [0.2, 0.25) is 0 Å². The van der Waals surface area contributed by atoms with Crippen LogP contribution in [0.1, 0.15) is 19.8 Å². The summed E-state index contributed by atoms with van der Waals surface area (Å²) in [6.45, 7) is 6.18. The Kier molecular flexibility index (Phi) is 3.53. The van der Waals surface area contributed by atoms with Gasteiger partial charge in [0, 0.05) is 13.1 Å². The topological polar surface area (TPSA) is 61.3 Å². The number of fused-ring (bicyclic) bond motifs is 1. The molecule has 0 aliphatic carbocycles. The summed E-state index contributed by atoms with van der Waals surface area (Å²) in [5.74, 6) is 0.639. The van der Waals surface area contributed by atoms with E-state index in [2.05, 4.69) is 16.8 Å². The summed E-state index contributed by atoms with van der Waals surface area (Å²) < 4.78 is 1.76. The van der Waals surface area contributed by atoms with Crippen LogP contribution >= 0.6 is 0 Å². The molecule has 0 amide bonds. The number of aromatic hydroxyl groups is 1. The molecule has 0 bridgehead atoms. The minimum atomic E-state index is -0.130. The number of hydrogen-bond acceptors (Lipinski definition) is 3. The SMILES string of the molecule is CCN1CCCC(Cn2c(=O)[nH]c3c(O)cccc32)C1. The van der Waals surface area contributed by atoms with Gasteiger partial charge in [0.25, 0.3) is 0 Å². The van der Waals surface area contributed by atoms with Crippen LogP contribution in [0.2, 0.25) is 0 Å². The van der Waals surface area contributed by atoms with Gasteiger partial charge in [-0.15, -0.1) is 0 Å². The van der Waals surface area contributed by atoms with Gasteiger partial charge < -0.3 is 15.0 Å². The van der Waals surface area contributed by atoms with Crippen molar-refractivity contribution < 1.29 is 5.11 Å². The summed E-state index contributed by atoms with van der Waals surface area (Å²) in [6, 6.07) is 5.26. The molecule has 108 valence electrons. The van der Waals surface area contributed by atoms with Crippen molar-refractivity contribution in [2.24, 2.45) is 5.92 Å². The van der Waals surface area contributed by atoms with E-state index in [1.54, 1.807) is 16.7 Å². The molecule has 2 heterocycles. The molecule has 1 saturated heterocycles. The second-order valence-electron chi connectivity index (χ2n) is 5.61. The fourth-order valence-electron chi connectivity index (χ4n) is 3.19. The number of H-pyrrole nitrogens is 1.